The van der Waals surface area contributed by atoms with Gasteiger partial charge in [0.05, 0.1) is 19.3 Å². The minimum Gasteiger partial charge on any atom is -0.496 e. The molecule has 0 saturated heterocycles. The molecule has 0 bridgehead atoms. The van der Waals surface area contributed by atoms with Crippen LogP contribution in [-0.4, -0.2) is 26.6 Å². The molecule has 4 nitrogen and oxygen atoms in total. The Balaban J connectivity index is 2.00. The van der Waals surface area contributed by atoms with E-state index in [0.717, 1.165) is 37.7 Å². The highest BCUT2D eigenvalue weighted by atomic mass is 16.5. The van der Waals surface area contributed by atoms with Crippen molar-refractivity contribution in [3.05, 3.63) is 23.8 Å². The van der Waals surface area contributed by atoms with Crippen molar-refractivity contribution in [1.29, 1.82) is 0 Å². The van der Waals surface area contributed by atoms with Gasteiger partial charge in [0.1, 0.15) is 24.2 Å². The summed E-state index contributed by atoms with van der Waals surface area (Å²) in [5.41, 5.74) is 0.525. The summed E-state index contributed by atoms with van der Waals surface area (Å²) in [5, 5.41) is 0. The van der Waals surface area contributed by atoms with Gasteiger partial charge in [0.15, 0.2) is 6.29 Å². The number of rotatable bonds is 16. The molecule has 1 aromatic rings. The lowest BCUT2D eigenvalue weighted by Gasteiger charge is -2.09. The van der Waals surface area contributed by atoms with Crippen LogP contribution in [0.2, 0.25) is 0 Å². The topological polar surface area (TPSA) is 44.8 Å². The van der Waals surface area contributed by atoms with E-state index in [1.165, 1.54) is 38.5 Å². The lowest BCUT2D eigenvalue weighted by Crippen LogP contribution is -1.99. The Morgan fingerprint density at radius 2 is 0.978 bits per heavy atom. The van der Waals surface area contributed by atoms with Gasteiger partial charge >= 0.3 is 0 Å². The zero-order valence-corrected chi connectivity index (χ0v) is 26.0. The Morgan fingerprint density at radius 1 is 0.565 bits per heavy atom. The van der Waals surface area contributed by atoms with Crippen LogP contribution in [0.5, 0.6) is 11.5 Å². The average molecular weight is 601 g/mol. The van der Waals surface area contributed by atoms with E-state index in [1.54, 1.807) is 25.3 Å². The smallest absolute Gasteiger partial charge is 0.153 e. The van der Waals surface area contributed by atoms with Gasteiger partial charge < -0.3 is 14.2 Å². The van der Waals surface area contributed by atoms with E-state index in [4.69, 9.17) is 20.6 Å². The van der Waals surface area contributed by atoms with E-state index in [1.807, 2.05) is 0 Å². The Labute approximate surface area is 275 Å². The summed E-state index contributed by atoms with van der Waals surface area (Å²) in [4.78, 5) is 11.0. The number of carbonyl (C=O) groups excluding carboxylic acids is 1. The van der Waals surface area contributed by atoms with Gasteiger partial charge in [-0.3, -0.25) is 4.79 Å². The summed E-state index contributed by atoms with van der Waals surface area (Å²) in [7, 11) is 1.55. The van der Waals surface area contributed by atoms with Crippen LogP contribution in [0.3, 0.4) is 0 Å². The highest BCUT2D eigenvalue weighted by molar-refractivity contribution is 5.79. The lowest BCUT2D eigenvalue weighted by atomic mass is 10.1. The maximum absolute atomic E-state index is 11.0. The number of methoxy groups -OCH3 is 1. The van der Waals surface area contributed by atoms with Crippen LogP contribution in [0, 0.1) is 131 Å². The van der Waals surface area contributed by atoms with Crippen LogP contribution < -0.4 is 9.47 Å². The van der Waals surface area contributed by atoms with Gasteiger partial charge in [0.2, 0.25) is 0 Å². The van der Waals surface area contributed by atoms with Gasteiger partial charge in [-0.05, 0) is 72.3 Å². The van der Waals surface area contributed by atoms with E-state index in [9.17, 15) is 4.79 Å². The van der Waals surface area contributed by atoms with E-state index in [-0.39, 0.29) is 0 Å². The molecular weight excluding hydrogens is 568 g/mol. The quantitative estimate of drug-likeness (QED) is 0.144. The van der Waals surface area contributed by atoms with E-state index in [2.05, 4.69) is 125 Å². The van der Waals surface area contributed by atoms with Crippen molar-refractivity contribution in [3.63, 3.8) is 0 Å². The van der Waals surface area contributed by atoms with Crippen LogP contribution in [0.1, 0.15) is 74.6 Å². The molecule has 1 aromatic carbocycles. The molecule has 0 radical (unpaired) electrons. The second-order valence-corrected chi connectivity index (χ2v) is 8.88. The Morgan fingerprint density at radius 3 is 1.41 bits per heavy atom. The molecule has 0 spiro atoms. The number of terminal acetylenes is 1. The van der Waals surface area contributed by atoms with E-state index < -0.39 is 0 Å². The van der Waals surface area contributed by atoms with Crippen LogP contribution in [0.25, 0.3) is 0 Å². The number of hydrogen-bond donors (Lipinski definition) is 0. The zero-order chi connectivity index (χ0) is 33.0. The first-order valence-electron chi connectivity index (χ1n) is 14.6. The summed E-state index contributed by atoms with van der Waals surface area (Å²) in [6.45, 7) is 1.26. The monoisotopic (exact) mass is 600 g/mol. The summed E-state index contributed by atoms with van der Waals surface area (Å²) in [5.74, 6) is 51.2. The molecule has 0 unspecified atom stereocenters. The average Bonchev–Trinajstić information content (AvgIpc) is 3.08. The van der Waals surface area contributed by atoms with Crippen molar-refractivity contribution in [2.24, 2.45) is 0 Å². The zero-order valence-electron chi connectivity index (χ0n) is 26.0. The number of ether oxygens (including phenoxy) is 3. The Bertz CT molecular complexity index is 1820. The highest BCUT2D eigenvalue weighted by Gasteiger charge is 2.04. The molecular formula is C42H32O4. The molecule has 0 N–H and O–H groups in total. The molecule has 0 saturated carbocycles. The SMILES string of the molecule is C#CC#CC#CC#CC#CC#CC#CC#CC#CC#CC#COCCCCCCCCCCCCOc1ccc(C=O)c(OC)c1. The maximum Gasteiger partial charge on any atom is 0.153 e. The number of carbonyl (C=O) groups is 1. The Kier molecular flexibility index (Phi) is 24.4. The largest absolute Gasteiger partial charge is 0.496 e. The van der Waals surface area contributed by atoms with Crippen molar-refractivity contribution in [3.8, 4) is 142 Å². The molecule has 0 aliphatic heterocycles. The van der Waals surface area contributed by atoms with Crippen LogP contribution >= 0.6 is 0 Å². The fourth-order valence-corrected chi connectivity index (χ4v) is 3.44. The summed E-state index contributed by atoms with van der Waals surface area (Å²) in [6, 6.07) is 5.27. The van der Waals surface area contributed by atoms with Gasteiger partial charge in [0, 0.05) is 77.1 Å². The van der Waals surface area contributed by atoms with Crippen LogP contribution in [0.15, 0.2) is 18.2 Å². The van der Waals surface area contributed by atoms with Crippen molar-refractivity contribution in [2.45, 2.75) is 64.2 Å². The number of hydrogen-bond acceptors (Lipinski definition) is 4. The van der Waals surface area contributed by atoms with Crippen molar-refractivity contribution < 1.29 is 19.0 Å². The number of unbranched alkanes of at least 4 members (excludes halogenated alkanes) is 9. The van der Waals surface area contributed by atoms with Gasteiger partial charge in [-0.1, -0.05) is 51.4 Å². The number of benzene rings is 1. The molecule has 0 aromatic heterocycles. The van der Waals surface area contributed by atoms with Crippen LogP contribution in [0.4, 0.5) is 0 Å². The third-order valence-corrected chi connectivity index (χ3v) is 5.56. The summed E-state index contributed by atoms with van der Waals surface area (Å²) >= 11 is 0. The van der Waals surface area contributed by atoms with Crippen molar-refractivity contribution in [2.75, 3.05) is 20.3 Å². The van der Waals surface area contributed by atoms with Gasteiger partial charge in [0.25, 0.3) is 0 Å². The second-order valence-electron chi connectivity index (χ2n) is 8.88. The lowest BCUT2D eigenvalue weighted by molar-refractivity contribution is 0.112. The first-order chi connectivity index (χ1) is 22.8. The molecule has 0 amide bonds. The van der Waals surface area contributed by atoms with Gasteiger partial charge in [-0.25, -0.2) is 0 Å². The minimum atomic E-state index is 0.525. The van der Waals surface area contributed by atoms with Gasteiger partial charge in [-0.15, -0.1) is 6.42 Å². The van der Waals surface area contributed by atoms with E-state index in [0.29, 0.717) is 24.5 Å². The fourth-order valence-electron chi connectivity index (χ4n) is 3.44. The van der Waals surface area contributed by atoms with Crippen LogP contribution in [-0.2, 0) is 4.74 Å². The third-order valence-electron chi connectivity index (χ3n) is 5.56. The molecule has 0 fully saturated rings. The predicted octanol–water partition coefficient (Wildman–Crippen LogP) is 5.43. The van der Waals surface area contributed by atoms with Crippen molar-refractivity contribution >= 4 is 6.29 Å². The van der Waals surface area contributed by atoms with E-state index >= 15 is 0 Å². The Hall–Kier alpha value is -6.55. The fraction of sp³-hybridized carbons (Fsp3) is 0.310. The predicted molar refractivity (Wildman–Crippen MR) is 183 cm³/mol. The molecule has 1 rings (SSSR count). The normalized spacial score (nSPS) is 7.48. The third kappa shape index (κ3) is 23.1. The standard InChI is InChI=1S/C42H32O4/c1-3-4-5-6-7-8-9-10-11-12-13-14-15-16-17-18-21-24-27-30-35-45-36-31-28-25-22-19-20-23-26-29-32-37-46-41-34-33-40(39-43)42(38-41)44-2/h1,33-34,38-39H,19-20,22-23,25-26,28-29,31-32,36-37H2,2H3. The summed E-state index contributed by atoms with van der Waals surface area (Å²) < 4.78 is 16.2. The summed E-state index contributed by atoms with van der Waals surface area (Å²) in [6.07, 6.45) is 20.0. The molecule has 0 heterocycles. The first-order valence-corrected chi connectivity index (χ1v) is 14.6. The van der Waals surface area contributed by atoms with Gasteiger partial charge in [-0.2, -0.15) is 0 Å². The minimum absolute atomic E-state index is 0.525. The number of aldehydes is 1. The molecule has 224 valence electrons. The van der Waals surface area contributed by atoms with Crippen molar-refractivity contribution in [1.82, 2.24) is 0 Å². The first kappa shape index (κ1) is 37.5. The molecule has 0 atom stereocenters. The maximum atomic E-state index is 11.0. The molecule has 46 heavy (non-hydrogen) atoms. The molecule has 0 aliphatic carbocycles. The molecule has 4 heteroatoms. The molecule has 0 aliphatic rings. The second kappa shape index (κ2) is 29.9. The highest BCUT2D eigenvalue weighted by Crippen LogP contribution is 2.23.